The van der Waals surface area contributed by atoms with Crippen molar-refractivity contribution < 1.29 is 17.6 Å². The molecule has 3 aromatic rings. The number of hydrogen-bond donors (Lipinski definition) is 2. The molecule has 0 atom stereocenters. The first-order valence-electron chi connectivity index (χ1n) is 8.53. The molecule has 0 aliphatic rings. The van der Waals surface area contributed by atoms with Gasteiger partial charge in [-0.15, -0.1) is 4.83 Å². The molecule has 28 heavy (non-hydrogen) atoms. The van der Waals surface area contributed by atoms with E-state index in [1.54, 1.807) is 12.1 Å². The van der Waals surface area contributed by atoms with Gasteiger partial charge in [0.1, 0.15) is 5.58 Å². The first-order valence-corrected chi connectivity index (χ1v) is 10.0. The SMILES string of the molecule is CC(C)(C)c1ccc(C(=O)NNS(=O)(=O)c2ccc3oc(=O)ccc3c2)cc1. The van der Waals surface area contributed by atoms with Crippen LogP contribution in [0.25, 0.3) is 11.0 Å². The van der Waals surface area contributed by atoms with Crippen LogP contribution in [0, 0.1) is 0 Å². The molecule has 0 bridgehead atoms. The Morgan fingerprint density at radius 3 is 2.29 bits per heavy atom. The highest BCUT2D eigenvalue weighted by molar-refractivity contribution is 7.89. The van der Waals surface area contributed by atoms with E-state index in [-0.39, 0.29) is 15.9 Å². The maximum atomic E-state index is 12.4. The molecule has 0 spiro atoms. The summed E-state index contributed by atoms with van der Waals surface area (Å²) >= 11 is 0. The lowest BCUT2D eigenvalue weighted by atomic mass is 9.87. The lowest BCUT2D eigenvalue weighted by Crippen LogP contribution is -2.41. The fourth-order valence-electron chi connectivity index (χ4n) is 2.58. The molecule has 8 heteroatoms. The summed E-state index contributed by atoms with van der Waals surface area (Å²) in [7, 11) is -4.00. The number of carbonyl (C=O) groups is 1. The highest BCUT2D eigenvalue weighted by atomic mass is 32.2. The van der Waals surface area contributed by atoms with Crippen LogP contribution in [0.15, 0.2) is 68.7 Å². The van der Waals surface area contributed by atoms with Crippen molar-refractivity contribution in [2.75, 3.05) is 0 Å². The number of hydrazine groups is 1. The van der Waals surface area contributed by atoms with E-state index in [9.17, 15) is 18.0 Å². The van der Waals surface area contributed by atoms with E-state index >= 15 is 0 Å². The zero-order valence-electron chi connectivity index (χ0n) is 15.6. The van der Waals surface area contributed by atoms with E-state index in [4.69, 9.17) is 4.42 Å². The minimum absolute atomic E-state index is 0.0498. The van der Waals surface area contributed by atoms with Crippen LogP contribution in [0.3, 0.4) is 0 Å². The van der Waals surface area contributed by atoms with Crippen LogP contribution in [0.4, 0.5) is 0 Å². The van der Waals surface area contributed by atoms with Crippen LogP contribution < -0.4 is 15.9 Å². The Kier molecular flexibility index (Phi) is 5.10. The maximum absolute atomic E-state index is 12.4. The van der Waals surface area contributed by atoms with Gasteiger partial charge in [0.2, 0.25) is 0 Å². The molecule has 7 nitrogen and oxygen atoms in total. The van der Waals surface area contributed by atoms with Crippen molar-refractivity contribution in [2.45, 2.75) is 31.1 Å². The second-order valence-electron chi connectivity index (χ2n) is 7.34. The summed E-state index contributed by atoms with van der Waals surface area (Å²) in [6, 6.07) is 13.7. The van der Waals surface area contributed by atoms with Crippen molar-refractivity contribution in [1.29, 1.82) is 0 Å². The Bertz CT molecular complexity index is 1190. The number of fused-ring (bicyclic) bond motifs is 1. The Morgan fingerprint density at radius 2 is 1.64 bits per heavy atom. The zero-order chi connectivity index (χ0) is 20.5. The van der Waals surface area contributed by atoms with E-state index in [0.29, 0.717) is 10.9 Å². The number of sulfonamides is 1. The van der Waals surface area contributed by atoms with Crippen LogP contribution >= 0.6 is 0 Å². The number of nitrogens with one attached hydrogen (secondary N) is 2. The number of amides is 1. The Morgan fingerprint density at radius 1 is 0.964 bits per heavy atom. The third-order valence-corrected chi connectivity index (χ3v) is 5.46. The monoisotopic (exact) mass is 400 g/mol. The first-order chi connectivity index (χ1) is 13.1. The summed E-state index contributed by atoms with van der Waals surface area (Å²) in [5, 5.41) is 0.451. The van der Waals surface area contributed by atoms with Crippen LogP contribution in [0.2, 0.25) is 0 Å². The van der Waals surface area contributed by atoms with E-state index in [0.717, 1.165) is 5.56 Å². The smallest absolute Gasteiger partial charge is 0.336 e. The van der Waals surface area contributed by atoms with E-state index in [1.165, 1.54) is 30.3 Å². The summed E-state index contributed by atoms with van der Waals surface area (Å²) < 4.78 is 29.9. The second-order valence-corrected chi connectivity index (χ2v) is 9.02. The molecule has 1 heterocycles. The molecule has 3 rings (SSSR count). The highest BCUT2D eigenvalue weighted by Gasteiger charge is 2.18. The van der Waals surface area contributed by atoms with E-state index < -0.39 is 21.6 Å². The van der Waals surface area contributed by atoms with Gasteiger partial charge in [-0.2, -0.15) is 0 Å². The zero-order valence-corrected chi connectivity index (χ0v) is 16.5. The predicted molar refractivity (Wildman–Crippen MR) is 105 cm³/mol. The van der Waals surface area contributed by atoms with Crippen molar-refractivity contribution >= 4 is 26.9 Å². The van der Waals surface area contributed by atoms with Gasteiger partial charge in [-0.25, -0.2) is 13.2 Å². The summed E-state index contributed by atoms with van der Waals surface area (Å²) in [5.74, 6) is -0.573. The number of carbonyl (C=O) groups excluding carboxylic acids is 1. The topological polar surface area (TPSA) is 105 Å². The molecule has 0 saturated heterocycles. The Balaban J connectivity index is 1.75. The number of benzene rings is 2. The van der Waals surface area contributed by atoms with Gasteiger partial charge in [-0.1, -0.05) is 32.9 Å². The van der Waals surface area contributed by atoms with Crippen molar-refractivity contribution in [3.05, 3.63) is 76.1 Å². The second kappa shape index (κ2) is 7.21. The van der Waals surface area contributed by atoms with Crippen LogP contribution in [0.1, 0.15) is 36.7 Å². The summed E-state index contributed by atoms with van der Waals surface area (Å²) in [4.78, 5) is 25.5. The van der Waals surface area contributed by atoms with E-state index in [2.05, 4.69) is 31.0 Å². The van der Waals surface area contributed by atoms with Gasteiger partial charge in [-0.05, 0) is 47.4 Å². The van der Waals surface area contributed by atoms with Crippen molar-refractivity contribution in [3.63, 3.8) is 0 Å². The van der Waals surface area contributed by atoms with Gasteiger partial charge < -0.3 is 4.42 Å². The summed E-state index contributed by atoms with van der Waals surface area (Å²) in [5.41, 5.74) is 3.30. The molecule has 0 fully saturated rings. The Labute approximate surface area is 162 Å². The summed E-state index contributed by atoms with van der Waals surface area (Å²) in [6.45, 7) is 6.18. The average Bonchev–Trinajstić information content (AvgIpc) is 2.65. The van der Waals surface area contributed by atoms with Crippen molar-refractivity contribution in [1.82, 2.24) is 10.3 Å². The molecular formula is C20H20N2O5S. The molecule has 146 valence electrons. The quantitative estimate of drug-likeness (QED) is 0.517. The number of hydrogen-bond acceptors (Lipinski definition) is 5. The molecular weight excluding hydrogens is 380 g/mol. The fraction of sp³-hybridized carbons (Fsp3) is 0.200. The molecule has 0 aliphatic carbocycles. The standard InChI is InChI=1S/C20H20N2O5S/c1-20(2,3)15-7-4-13(5-8-15)19(24)21-22-28(25,26)16-9-10-17-14(12-16)6-11-18(23)27-17/h4-12,22H,1-3H3,(H,21,24). The summed E-state index contributed by atoms with van der Waals surface area (Å²) in [6.07, 6.45) is 0. The average molecular weight is 400 g/mol. The molecule has 0 aliphatic heterocycles. The molecule has 1 amide bonds. The molecule has 0 unspecified atom stereocenters. The van der Waals surface area contributed by atoms with Crippen LogP contribution in [-0.4, -0.2) is 14.3 Å². The minimum Gasteiger partial charge on any atom is -0.423 e. The molecule has 1 aromatic heterocycles. The minimum atomic E-state index is -4.00. The molecule has 2 N–H and O–H groups in total. The van der Waals surface area contributed by atoms with E-state index in [1.807, 2.05) is 12.1 Å². The fourth-order valence-corrected chi connectivity index (χ4v) is 3.46. The van der Waals surface area contributed by atoms with Gasteiger partial charge in [0.25, 0.3) is 15.9 Å². The lowest BCUT2D eigenvalue weighted by molar-refractivity contribution is 0.0945. The first kappa shape index (κ1) is 19.8. The third kappa shape index (κ3) is 4.29. The van der Waals surface area contributed by atoms with Crippen LogP contribution in [-0.2, 0) is 15.4 Å². The van der Waals surface area contributed by atoms with Gasteiger partial charge >= 0.3 is 5.63 Å². The van der Waals surface area contributed by atoms with Gasteiger partial charge in [0, 0.05) is 17.0 Å². The third-order valence-electron chi connectivity index (χ3n) is 4.21. The van der Waals surface area contributed by atoms with Crippen molar-refractivity contribution in [2.24, 2.45) is 0 Å². The highest BCUT2D eigenvalue weighted by Crippen LogP contribution is 2.22. The van der Waals surface area contributed by atoms with Gasteiger partial charge in [-0.3, -0.25) is 10.2 Å². The predicted octanol–water partition coefficient (Wildman–Crippen LogP) is 2.71. The van der Waals surface area contributed by atoms with Gasteiger partial charge in [0.15, 0.2) is 0 Å². The molecule has 0 saturated carbocycles. The largest absolute Gasteiger partial charge is 0.423 e. The Hall–Kier alpha value is -2.97. The lowest BCUT2D eigenvalue weighted by Gasteiger charge is -2.19. The van der Waals surface area contributed by atoms with Crippen molar-refractivity contribution in [3.8, 4) is 0 Å². The maximum Gasteiger partial charge on any atom is 0.336 e. The van der Waals surface area contributed by atoms with Gasteiger partial charge in [0.05, 0.1) is 4.90 Å². The van der Waals surface area contributed by atoms with Crippen LogP contribution in [0.5, 0.6) is 0 Å². The molecule has 2 aromatic carbocycles. The normalized spacial score (nSPS) is 12.1. The number of rotatable bonds is 4. The molecule has 0 radical (unpaired) electrons.